The Balaban J connectivity index is 0.00000240. The Morgan fingerprint density at radius 1 is 0.931 bits per heavy atom. The topological polar surface area (TPSA) is 6.48 Å². The third-order valence-electron chi connectivity index (χ3n) is 7.40. The van der Waals surface area contributed by atoms with Gasteiger partial charge in [-0.3, -0.25) is 9.29 Å². The average molecular weight is 423 g/mol. The van der Waals surface area contributed by atoms with E-state index in [9.17, 15) is 4.39 Å². The summed E-state index contributed by atoms with van der Waals surface area (Å²) in [5.41, 5.74) is 3.86. The van der Waals surface area contributed by atoms with Gasteiger partial charge in [0.1, 0.15) is 0 Å². The molecule has 2 aliphatic carbocycles. The molecule has 3 fully saturated rings. The first-order valence-electron chi connectivity index (χ1n) is 11.4. The monoisotopic (exact) mass is 422 g/mol. The van der Waals surface area contributed by atoms with E-state index in [1.54, 1.807) is 5.56 Å². The highest BCUT2D eigenvalue weighted by atomic mass is 35.5. The maximum Gasteiger partial charge on any atom is 0.0925 e. The van der Waals surface area contributed by atoms with E-state index in [0.717, 1.165) is 39.1 Å². The summed E-state index contributed by atoms with van der Waals surface area (Å²) in [6, 6.07) is 9.17. The molecular weight excluding hydrogens is 383 g/mol. The van der Waals surface area contributed by atoms with Gasteiger partial charge in [0.05, 0.1) is 6.67 Å². The van der Waals surface area contributed by atoms with Crippen LogP contribution in [0.1, 0.15) is 64.9 Å². The number of halogens is 2. The average Bonchev–Trinajstić information content (AvgIpc) is 3.38. The van der Waals surface area contributed by atoms with Crippen LogP contribution < -0.4 is 4.90 Å². The number of hydrogen-bond acceptors (Lipinski definition) is 2. The van der Waals surface area contributed by atoms with Crippen LogP contribution in [0.2, 0.25) is 0 Å². The molecule has 0 N–H and O–H groups in total. The Labute approximate surface area is 183 Å². The predicted octanol–water partition coefficient (Wildman–Crippen LogP) is 6.16. The van der Waals surface area contributed by atoms with Gasteiger partial charge in [0.25, 0.3) is 0 Å². The van der Waals surface area contributed by atoms with Crippen molar-refractivity contribution in [1.29, 1.82) is 0 Å². The van der Waals surface area contributed by atoms with Crippen molar-refractivity contribution >= 4 is 18.1 Å². The standard InChI is InChI=1S/C25H39FN2.ClH/c1-24(2)14-21(15-25(3,4)18-24)22-7-5-6-8-23(22)28-11-9-27(10-12-28)17-20-13-19(20)16-26;/h5-8,19-21H,9-18H2,1-4H3;1H/t19-,20-;/m0./s1. The number of para-hydroxylation sites is 1. The van der Waals surface area contributed by atoms with Crippen LogP contribution >= 0.6 is 12.4 Å². The van der Waals surface area contributed by atoms with Gasteiger partial charge in [-0.2, -0.15) is 0 Å². The van der Waals surface area contributed by atoms with Crippen LogP contribution in [0.25, 0.3) is 0 Å². The van der Waals surface area contributed by atoms with Crippen molar-refractivity contribution in [1.82, 2.24) is 4.90 Å². The van der Waals surface area contributed by atoms with E-state index >= 15 is 0 Å². The van der Waals surface area contributed by atoms with Gasteiger partial charge in [-0.1, -0.05) is 45.9 Å². The molecule has 4 heteroatoms. The highest BCUT2D eigenvalue weighted by molar-refractivity contribution is 5.85. The second-order valence-electron chi connectivity index (χ2n) is 11.4. The molecule has 1 saturated heterocycles. The molecule has 0 spiro atoms. The Bertz CT molecular complexity index is 665. The fourth-order valence-corrected chi connectivity index (χ4v) is 6.41. The van der Waals surface area contributed by atoms with Gasteiger partial charge in [-0.25, -0.2) is 0 Å². The van der Waals surface area contributed by atoms with E-state index in [1.807, 2.05) is 0 Å². The summed E-state index contributed by atoms with van der Waals surface area (Å²) < 4.78 is 12.8. The lowest BCUT2D eigenvalue weighted by molar-refractivity contribution is 0.0970. The summed E-state index contributed by atoms with van der Waals surface area (Å²) in [6.07, 6.45) is 5.00. The molecule has 164 valence electrons. The molecule has 0 radical (unpaired) electrons. The van der Waals surface area contributed by atoms with Gasteiger partial charge >= 0.3 is 0 Å². The van der Waals surface area contributed by atoms with Gasteiger partial charge in [-0.05, 0) is 65.9 Å². The van der Waals surface area contributed by atoms with Crippen LogP contribution in [-0.4, -0.2) is 44.3 Å². The second-order valence-corrected chi connectivity index (χ2v) is 11.4. The lowest BCUT2D eigenvalue weighted by Crippen LogP contribution is -2.47. The summed E-state index contributed by atoms with van der Waals surface area (Å²) in [6.45, 7) is 15.2. The number of rotatable bonds is 5. The van der Waals surface area contributed by atoms with Crippen molar-refractivity contribution in [2.24, 2.45) is 22.7 Å². The molecule has 29 heavy (non-hydrogen) atoms. The lowest BCUT2D eigenvalue weighted by atomic mass is 9.60. The van der Waals surface area contributed by atoms with Crippen molar-refractivity contribution < 1.29 is 4.39 Å². The number of hydrogen-bond donors (Lipinski definition) is 0. The summed E-state index contributed by atoms with van der Waals surface area (Å²) in [5, 5.41) is 0. The second kappa shape index (κ2) is 8.75. The summed E-state index contributed by atoms with van der Waals surface area (Å²) in [5.74, 6) is 1.64. The Kier molecular flexibility index (Phi) is 6.90. The highest BCUT2D eigenvalue weighted by Gasteiger charge is 2.40. The molecule has 0 unspecified atom stereocenters. The third kappa shape index (κ3) is 5.47. The molecule has 0 aromatic heterocycles. The molecule has 3 aliphatic rings. The van der Waals surface area contributed by atoms with Crippen LogP contribution in [0, 0.1) is 22.7 Å². The first-order valence-corrected chi connectivity index (χ1v) is 11.4. The smallest absolute Gasteiger partial charge is 0.0925 e. The van der Waals surface area contributed by atoms with E-state index in [1.165, 1.54) is 24.9 Å². The number of nitrogens with zero attached hydrogens (tertiary/aromatic N) is 2. The van der Waals surface area contributed by atoms with Gasteiger partial charge < -0.3 is 4.90 Å². The summed E-state index contributed by atoms with van der Waals surface area (Å²) in [4.78, 5) is 5.17. The molecule has 1 heterocycles. The number of benzene rings is 1. The van der Waals surface area contributed by atoms with E-state index in [-0.39, 0.29) is 19.1 Å². The van der Waals surface area contributed by atoms with Crippen LogP contribution in [0.5, 0.6) is 0 Å². The maximum atomic E-state index is 12.8. The van der Waals surface area contributed by atoms with Crippen molar-refractivity contribution in [2.75, 3.05) is 44.3 Å². The van der Waals surface area contributed by atoms with Gasteiger partial charge in [0.15, 0.2) is 0 Å². The van der Waals surface area contributed by atoms with E-state index in [0.29, 0.717) is 28.6 Å². The minimum absolute atomic E-state index is 0. The largest absolute Gasteiger partial charge is 0.369 e. The molecule has 1 aliphatic heterocycles. The zero-order chi connectivity index (χ0) is 19.9. The summed E-state index contributed by atoms with van der Waals surface area (Å²) in [7, 11) is 0. The van der Waals surface area contributed by atoms with E-state index < -0.39 is 0 Å². The molecule has 1 aromatic rings. The SMILES string of the molecule is CC1(C)CC(c2ccccc2N2CCN(C[C@@H]3C[C@H]3CF)CC2)CC(C)(C)C1.Cl. The molecule has 0 amide bonds. The van der Waals surface area contributed by atoms with Crippen molar-refractivity contribution in [3.8, 4) is 0 Å². The molecular formula is C25H40ClFN2. The van der Waals surface area contributed by atoms with Crippen molar-refractivity contribution in [3.63, 3.8) is 0 Å². The number of piperazine rings is 1. The molecule has 1 aromatic carbocycles. The normalized spacial score (nSPS) is 29.3. The Morgan fingerprint density at radius 3 is 2.14 bits per heavy atom. The Hall–Kier alpha value is -0.800. The minimum Gasteiger partial charge on any atom is -0.369 e. The summed E-state index contributed by atoms with van der Waals surface area (Å²) >= 11 is 0. The highest BCUT2D eigenvalue weighted by Crippen LogP contribution is 2.53. The first-order chi connectivity index (χ1) is 13.3. The first kappa shape index (κ1) is 22.9. The molecule has 2 atom stereocenters. The molecule has 2 saturated carbocycles. The van der Waals surface area contributed by atoms with Gasteiger partial charge in [-0.15, -0.1) is 12.4 Å². The van der Waals surface area contributed by atoms with Crippen LogP contribution in [0.4, 0.5) is 10.1 Å². The quantitative estimate of drug-likeness (QED) is 0.560. The fraction of sp³-hybridized carbons (Fsp3) is 0.760. The van der Waals surface area contributed by atoms with Crippen molar-refractivity contribution in [3.05, 3.63) is 29.8 Å². The molecule has 0 bridgehead atoms. The molecule has 4 rings (SSSR count). The Morgan fingerprint density at radius 2 is 1.55 bits per heavy atom. The van der Waals surface area contributed by atoms with E-state index in [2.05, 4.69) is 61.8 Å². The minimum atomic E-state index is -0.119. The maximum absolute atomic E-state index is 12.8. The van der Waals surface area contributed by atoms with Crippen LogP contribution in [-0.2, 0) is 0 Å². The number of alkyl halides is 1. The van der Waals surface area contributed by atoms with Crippen LogP contribution in [0.3, 0.4) is 0 Å². The van der Waals surface area contributed by atoms with Crippen LogP contribution in [0.15, 0.2) is 24.3 Å². The zero-order valence-electron chi connectivity index (χ0n) is 18.8. The fourth-order valence-electron chi connectivity index (χ4n) is 6.41. The zero-order valence-corrected chi connectivity index (χ0v) is 19.6. The third-order valence-corrected chi connectivity index (χ3v) is 7.40. The number of anilines is 1. The van der Waals surface area contributed by atoms with E-state index in [4.69, 9.17) is 0 Å². The van der Waals surface area contributed by atoms with Crippen molar-refractivity contribution in [2.45, 2.75) is 59.3 Å². The predicted molar refractivity (Wildman–Crippen MR) is 124 cm³/mol. The van der Waals surface area contributed by atoms with Gasteiger partial charge in [0, 0.05) is 38.4 Å². The molecule has 2 nitrogen and oxygen atoms in total. The lowest BCUT2D eigenvalue weighted by Gasteiger charge is -2.46. The van der Waals surface area contributed by atoms with Gasteiger partial charge in [0.2, 0.25) is 0 Å².